The number of aliphatic hydroxyl groups is 1. The van der Waals surface area contributed by atoms with Gasteiger partial charge in [0.25, 0.3) is 0 Å². The Bertz CT molecular complexity index is 388. The van der Waals surface area contributed by atoms with E-state index in [1.165, 1.54) is 12.1 Å². The van der Waals surface area contributed by atoms with Gasteiger partial charge in [-0.05, 0) is 31.5 Å². The largest absolute Gasteiger partial charge is 0.484 e. The Morgan fingerprint density at radius 3 is 2.21 bits per heavy atom. The maximum atomic E-state index is 12.0. The topological polar surface area (TPSA) is 41.5 Å². The van der Waals surface area contributed by atoms with Gasteiger partial charge in [-0.15, -0.1) is 0 Å². The first-order valence-corrected chi connectivity index (χ1v) is 5.86. The first-order chi connectivity index (χ1) is 8.72. The summed E-state index contributed by atoms with van der Waals surface area (Å²) < 4.78 is 40.5. The Morgan fingerprint density at radius 2 is 1.74 bits per heavy atom. The second kappa shape index (κ2) is 6.25. The van der Waals surface area contributed by atoms with Gasteiger partial charge < -0.3 is 15.2 Å². The second-order valence-electron chi connectivity index (χ2n) is 4.94. The highest BCUT2D eigenvalue weighted by Gasteiger charge is 2.28. The van der Waals surface area contributed by atoms with Crippen molar-refractivity contribution in [3.8, 4) is 5.75 Å². The van der Waals surface area contributed by atoms with Crippen LogP contribution >= 0.6 is 0 Å². The summed E-state index contributed by atoms with van der Waals surface area (Å²) in [5.41, 5.74) is 0.506. The smallest absolute Gasteiger partial charge is 0.422 e. The third-order valence-electron chi connectivity index (χ3n) is 2.49. The van der Waals surface area contributed by atoms with Gasteiger partial charge in [-0.25, -0.2) is 0 Å². The minimum absolute atomic E-state index is 0.000221. The van der Waals surface area contributed by atoms with E-state index in [0.717, 1.165) is 5.56 Å². The lowest BCUT2D eigenvalue weighted by atomic mass is 10.1. The predicted molar refractivity (Wildman–Crippen MR) is 66.0 cm³/mol. The van der Waals surface area contributed by atoms with Gasteiger partial charge in [-0.3, -0.25) is 0 Å². The van der Waals surface area contributed by atoms with Crippen molar-refractivity contribution in [2.24, 2.45) is 0 Å². The van der Waals surface area contributed by atoms with Crippen LogP contribution in [0.1, 0.15) is 19.4 Å². The highest BCUT2D eigenvalue weighted by Crippen LogP contribution is 2.19. The molecule has 0 aliphatic rings. The molecule has 1 rings (SSSR count). The number of hydrogen-bond donors (Lipinski definition) is 2. The maximum absolute atomic E-state index is 12.0. The molecule has 1 aromatic carbocycles. The molecule has 0 bridgehead atoms. The van der Waals surface area contributed by atoms with Crippen molar-refractivity contribution in [1.82, 2.24) is 5.32 Å². The summed E-state index contributed by atoms with van der Waals surface area (Å²) in [4.78, 5) is 0. The molecule has 3 nitrogen and oxygen atoms in total. The SMILES string of the molecule is CC(C)(CO)NCc1ccc(OCC(F)(F)F)cc1. The summed E-state index contributed by atoms with van der Waals surface area (Å²) in [7, 11) is 0. The molecule has 0 aromatic heterocycles. The van der Waals surface area contributed by atoms with Gasteiger partial charge in [0.1, 0.15) is 5.75 Å². The van der Waals surface area contributed by atoms with Crippen LogP contribution in [0, 0.1) is 0 Å². The molecule has 2 N–H and O–H groups in total. The summed E-state index contributed by atoms with van der Waals surface area (Å²) in [6.45, 7) is 2.94. The monoisotopic (exact) mass is 277 g/mol. The molecule has 108 valence electrons. The van der Waals surface area contributed by atoms with Crippen LogP contribution in [0.5, 0.6) is 5.75 Å². The van der Waals surface area contributed by atoms with Crippen molar-refractivity contribution >= 4 is 0 Å². The summed E-state index contributed by atoms with van der Waals surface area (Å²) in [6.07, 6.45) is -4.33. The average molecular weight is 277 g/mol. The quantitative estimate of drug-likeness (QED) is 0.839. The molecule has 0 heterocycles. The van der Waals surface area contributed by atoms with Gasteiger partial charge in [-0.2, -0.15) is 13.2 Å². The number of rotatable bonds is 6. The third kappa shape index (κ3) is 6.45. The molecule has 0 fully saturated rings. The molecule has 6 heteroatoms. The number of aliphatic hydroxyl groups excluding tert-OH is 1. The van der Waals surface area contributed by atoms with Crippen LogP contribution in [0.2, 0.25) is 0 Å². The number of alkyl halides is 3. The molecule has 0 radical (unpaired) electrons. The minimum atomic E-state index is -4.33. The lowest BCUT2D eigenvalue weighted by molar-refractivity contribution is -0.153. The predicted octanol–water partition coefficient (Wildman–Crippen LogP) is 2.49. The highest BCUT2D eigenvalue weighted by molar-refractivity contribution is 5.27. The van der Waals surface area contributed by atoms with Gasteiger partial charge in [0.05, 0.1) is 6.61 Å². The molecule has 0 aliphatic heterocycles. The zero-order chi connectivity index (χ0) is 14.5. The Hall–Kier alpha value is -1.27. The molecular weight excluding hydrogens is 259 g/mol. The lowest BCUT2D eigenvalue weighted by Crippen LogP contribution is -2.42. The van der Waals surface area contributed by atoms with Gasteiger partial charge in [0.2, 0.25) is 0 Å². The van der Waals surface area contributed by atoms with Crippen molar-refractivity contribution in [3.05, 3.63) is 29.8 Å². The second-order valence-corrected chi connectivity index (χ2v) is 4.94. The number of halogens is 3. The molecule has 0 spiro atoms. The van der Waals surface area contributed by atoms with Gasteiger partial charge >= 0.3 is 6.18 Å². The van der Waals surface area contributed by atoms with Crippen LogP contribution in [0.4, 0.5) is 13.2 Å². The van der Waals surface area contributed by atoms with Crippen molar-refractivity contribution in [2.75, 3.05) is 13.2 Å². The van der Waals surface area contributed by atoms with Crippen LogP contribution in [0.25, 0.3) is 0 Å². The van der Waals surface area contributed by atoms with Gasteiger partial charge in [0.15, 0.2) is 6.61 Å². The zero-order valence-corrected chi connectivity index (χ0v) is 10.9. The van der Waals surface area contributed by atoms with E-state index in [1.807, 2.05) is 13.8 Å². The first kappa shape index (κ1) is 15.8. The molecule has 0 saturated carbocycles. The molecule has 0 aliphatic carbocycles. The fourth-order valence-electron chi connectivity index (χ4n) is 1.27. The summed E-state index contributed by atoms with van der Waals surface area (Å²) >= 11 is 0. The van der Waals surface area contributed by atoms with E-state index in [0.29, 0.717) is 6.54 Å². The van der Waals surface area contributed by atoms with E-state index in [1.54, 1.807) is 12.1 Å². The Morgan fingerprint density at radius 1 is 1.16 bits per heavy atom. The van der Waals surface area contributed by atoms with Crippen LogP contribution < -0.4 is 10.1 Å². The normalized spacial score (nSPS) is 12.5. The highest BCUT2D eigenvalue weighted by atomic mass is 19.4. The summed E-state index contributed by atoms with van der Waals surface area (Å²) in [5, 5.41) is 12.2. The Labute approximate surface area is 110 Å². The van der Waals surface area contributed by atoms with E-state index in [-0.39, 0.29) is 12.4 Å². The van der Waals surface area contributed by atoms with Crippen molar-refractivity contribution in [2.45, 2.75) is 32.1 Å². The van der Waals surface area contributed by atoms with Crippen LogP contribution in [0.15, 0.2) is 24.3 Å². The standard InChI is InChI=1S/C13H18F3NO2/c1-12(2,8-18)17-7-10-3-5-11(6-4-10)19-9-13(14,15)16/h3-6,17-18H,7-9H2,1-2H3. The Kier molecular flexibility index (Phi) is 5.20. The van der Waals surface area contributed by atoms with E-state index in [4.69, 9.17) is 5.11 Å². The van der Waals surface area contributed by atoms with E-state index in [2.05, 4.69) is 10.1 Å². The summed E-state index contributed by atoms with van der Waals surface area (Å²) in [5.74, 6) is 0.183. The van der Waals surface area contributed by atoms with E-state index in [9.17, 15) is 13.2 Å². The van der Waals surface area contributed by atoms with E-state index >= 15 is 0 Å². The molecule has 19 heavy (non-hydrogen) atoms. The zero-order valence-electron chi connectivity index (χ0n) is 10.9. The first-order valence-electron chi connectivity index (χ1n) is 5.86. The minimum Gasteiger partial charge on any atom is -0.484 e. The maximum Gasteiger partial charge on any atom is 0.422 e. The number of nitrogens with one attached hydrogen (secondary N) is 1. The summed E-state index contributed by atoms with van der Waals surface area (Å²) in [6, 6.07) is 6.36. The van der Waals surface area contributed by atoms with Crippen LogP contribution in [-0.2, 0) is 6.54 Å². The molecule has 0 amide bonds. The van der Waals surface area contributed by atoms with Crippen molar-refractivity contribution in [3.63, 3.8) is 0 Å². The number of benzene rings is 1. The van der Waals surface area contributed by atoms with Crippen LogP contribution in [-0.4, -0.2) is 30.0 Å². The van der Waals surface area contributed by atoms with Crippen molar-refractivity contribution in [1.29, 1.82) is 0 Å². The van der Waals surface area contributed by atoms with Crippen molar-refractivity contribution < 1.29 is 23.0 Å². The third-order valence-corrected chi connectivity index (χ3v) is 2.49. The fourth-order valence-corrected chi connectivity index (χ4v) is 1.27. The van der Waals surface area contributed by atoms with Gasteiger partial charge in [0, 0.05) is 12.1 Å². The molecule has 0 atom stereocenters. The van der Waals surface area contributed by atoms with Crippen LogP contribution in [0.3, 0.4) is 0 Å². The molecular formula is C13H18F3NO2. The average Bonchev–Trinajstić information content (AvgIpc) is 2.34. The molecule has 0 unspecified atom stereocenters. The molecule has 1 aromatic rings. The number of ether oxygens (including phenoxy) is 1. The van der Waals surface area contributed by atoms with Gasteiger partial charge in [-0.1, -0.05) is 12.1 Å². The molecule has 0 saturated heterocycles. The van der Waals surface area contributed by atoms with E-state index < -0.39 is 18.3 Å². The number of hydrogen-bond acceptors (Lipinski definition) is 3. The lowest BCUT2D eigenvalue weighted by Gasteiger charge is -2.23. The Balaban J connectivity index is 2.48. The fraction of sp³-hybridized carbons (Fsp3) is 0.538.